The molecule has 0 aliphatic rings. The quantitative estimate of drug-likeness (QED) is 0.492. The first kappa shape index (κ1) is 5.77. The van der Waals surface area contributed by atoms with E-state index in [0.29, 0.717) is 0 Å². The molecule has 1 radical (unpaired) electrons. The summed E-state index contributed by atoms with van der Waals surface area (Å²) in [6.07, 6.45) is 0. The molecular weight excluding hydrogens is 115 g/mol. The fourth-order valence-electron chi connectivity index (χ4n) is 0.543. The van der Waals surface area contributed by atoms with Gasteiger partial charge >= 0.3 is 53.6 Å². The molecule has 0 aromatic carbocycles. The Labute approximate surface area is 54.2 Å². The zero-order valence-electron chi connectivity index (χ0n) is 4.72. The van der Waals surface area contributed by atoms with Gasteiger partial charge in [-0.2, -0.15) is 0 Å². The van der Waals surface area contributed by atoms with Crippen LogP contribution >= 0.6 is 11.3 Å². The SMILES string of the molecule is [B]=Cc1ccc(C)s1. The second-order valence-electron chi connectivity index (χ2n) is 1.62. The van der Waals surface area contributed by atoms with E-state index >= 15 is 0 Å². The van der Waals surface area contributed by atoms with Crippen LogP contribution in [-0.2, 0) is 0 Å². The third-order valence-electron chi connectivity index (χ3n) is 0.925. The Hall–Kier alpha value is -0.365. The van der Waals surface area contributed by atoms with Crippen molar-refractivity contribution < 1.29 is 0 Å². The molecule has 1 heterocycles. The Morgan fingerprint density at radius 2 is 2.38 bits per heavy atom. The van der Waals surface area contributed by atoms with Crippen molar-refractivity contribution in [2.24, 2.45) is 0 Å². The first-order chi connectivity index (χ1) is 3.83. The van der Waals surface area contributed by atoms with Crippen LogP contribution in [0.5, 0.6) is 0 Å². The molecule has 1 rings (SSSR count). The zero-order valence-corrected chi connectivity index (χ0v) is 5.53. The maximum atomic E-state index is 5.25. The van der Waals surface area contributed by atoms with Crippen molar-refractivity contribution in [1.29, 1.82) is 0 Å². The van der Waals surface area contributed by atoms with Gasteiger partial charge in [-0.05, 0) is 0 Å². The van der Waals surface area contributed by atoms with Gasteiger partial charge in [-0.3, -0.25) is 0 Å². The Balaban J connectivity index is 3.00. The van der Waals surface area contributed by atoms with Gasteiger partial charge in [0.15, 0.2) is 0 Å². The predicted octanol–water partition coefficient (Wildman–Crippen LogP) is 1.38. The van der Waals surface area contributed by atoms with Crippen LogP contribution in [0.3, 0.4) is 0 Å². The van der Waals surface area contributed by atoms with E-state index in [1.807, 2.05) is 6.07 Å². The molecule has 1 aromatic heterocycles. The van der Waals surface area contributed by atoms with E-state index in [4.69, 9.17) is 7.49 Å². The van der Waals surface area contributed by atoms with E-state index in [1.165, 1.54) is 4.88 Å². The molecule has 1 aromatic rings. The van der Waals surface area contributed by atoms with Gasteiger partial charge in [-0.15, -0.1) is 0 Å². The monoisotopic (exact) mass is 121 g/mol. The third-order valence-corrected chi connectivity index (χ3v) is 1.89. The summed E-state index contributed by atoms with van der Waals surface area (Å²) in [4.78, 5) is 2.45. The van der Waals surface area contributed by atoms with Gasteiger partial charge < -0.3 is 0 Å². The van der Waals surface area contributed by atoms with E-state index in [-0.39, 0.29) is 0 Å². The van der Waals surface area contributed by atoms with Gasteiger partial charge in [-0.25, -0.2) is 0 Å². The first-order valence-corrected chi connectivity index (χ1v) is 3.26. The van der Waals surface area contributed by atoms with Crippen molar-refractivity contribution >= 4 is 24.8 Å². The van der Waals surface area contributed by atoms with E-state index in [2.05, 4.69) is 13.0 Å². The minimum atomic E-state index is 1.14. The number of hydrogen-bond acceptors (Lipinski definition) is 1. The number of rotatable bonds is 1. The van der Waals surface area contributed by atoms with Gasteiger partial charge in [0.05, 0.1) is 0 Å². The molecule has 0 saturated carbocycles. The van der Waals surface area contributed by atoms with Gasteiger partial charge in [0.25, 0.3) is 0 Å². The molecule has 0 unspecified atom stereocenters. The summed E-state index contributed by atoms with van der Waals surface area (Å²) in [7, 11) is 5.25. The van der Waals surface area contributed by atoms with Crippen LogP contribution in [-0.4, -0.2) is 13.5 Å². The van der Waals surface area contributed by atoms with E-state index < -0.39 is 0 Å². The number of hydrogen-bond donors (Lipinski definition) is 0. The summed E-state index contributed by atoms with van der Waals surface area (Å²) in [5, 5.41) is 0. The first-order valence-electron chi connectivity index (χ1n) is 2.44. The third kappa shape index (κ3) is 1.07. The summed E-state index contributed by atoms with van der Waals surface area (Å²) in [6.45, 7) is 2.07. The molecule has 0 bridgehead atoms. The van der Waals surface area contributed by atoms with E-state index in [0.717, 1.165) is 4.88 Å². The number of thiophene rings is 1. The van der Waals surface area contributed by atoms with Crippen LogP contribution in [0, 0.1) is 6.92 Å². The molecule has 0 saturated heterocycles. The van der Waals surface area contributed by atoms with Crippen LogP contribution < -0.4 is 0 Å². The molecule has 0 spiro atoms. The van der Waals surface area contributed by atoms with Crippen molar-refractivity contribution in [3.8, 4) is 0 Å². The Bertz CT molecular complexity index is 190. The van der Waals surface area contributed by atoms with Crippen LogP contribution in [0.1, 0.15) is 9.75 Å². The van der Waals surface area contributed by atoms with Gasteiger partial charge in [-0.1, -0.05) is 0 Å². The molecular formula is C6H6BS. The van der Waals surface area contributed by atoms with Gasteiger partial charge in [0.1, 0.15) is 0 Å². The van der Waals surface area contributed by atoms with Crippen molar-refractivity contribution in [3.05, 3.63) is 21.9 Å². The molecule has 2 heteroatoms. The Morgan fingerprint density at radius 1 is 1.62 bits per heavy atom. The summed E-state index contributed by atoms with van der Waals surface area (Å²) < 4.78 is 0. The van der Waals surface area contributed by atoms with Crippen LogP contribution in [0.15, 0.2) is 12.1 Å². The van der Waals surface area contributed by atoms with Gasteiger partial charge in [0.2, 0.25) is 0 Å². The summed E-state index contributed by atoms with van der Waals surface area (Å²) >= 11 is 1.71. The molecule has 0 N–H and O–H groups in total. The summed E-state index contributed by atoms with van der Waals surface area (Å²) in [6, 6.07) is 4.07. The molecule has 0 amide bonds. The van der Waals surface area contributed by atoms with Crippen molar-refractivity contribution in [1.82, 2.24) is 0 Å². The van der Waals surface area contributed by atoms with E-state index in [1.54, 1.807) is 17.3 Å². The minimum absolute atomic E-state index is 1.14. The van der Waals surface area contributed by atoms with Crippen LogP contribution in [0.25, 0.3) is 0 Å². The molecule has 8 heavy (non-hydrogen) atoms. The standard InChI is InChI=1S/C6H6BS/c1-5-2-3-6(4-7)8-5/h2-4H,1H3. The normalized spacial score (nSPS) is 9.00. The summed E-state index contributed by atoms with van der Waals surface area (Å²) in [5.41, 5.74) is 0. The fraction of sp³-hybridized carbons (Fsp3) is 0.167. The average molecular weight is 121 g/mol. The van der Waals surface area contributed by atoms with Crippen LogP contribution in [0.4, 0.5) is 0 Å². The summed E-state index contributed by atoms with van der Waals surface area (Å²) in [5.74, 6) is 1.62. The van der Waals surface area contributed by atoms with Crippen molar-refractivity contribution in [2.45, 2.75) is 6.92 Å². The second kappa shape index (κ2) is 2.27. The zero-order chi connectivity index (χ0) is 5.98. The number of aryl methyl sites for hydroxylation is 1. The van der Waals surface area contributed by atoms with Crippen LogP contribution in [0.2, 0.25) is 0 Å². The van der Waals surface area contributed by atoms with Crippen molar-refractivity contribution in [2.75, 3.05) is 0 Å². The Kier molecular flexibility index (Phi) is 1.64. The molecule has 0 aliphatic heterocycles. The average Bonchev–Trinajstić information content (AvgIpc) is 2.14. The molecule has 0 atom stereocenters. The predicted molar refractivity (Wildman–Crippen MR) is 40.0 cm³/mol. The molecule has 0 aliphatic carbocycles. The van der Waals surface area contributed by atoms with Gasteiger partial charge in [0, 0.05) is 0 Å². The second-order valence-corrected chi connectivity index (χ2v) is 2.93. The molecule has 0 fully saturated rings. The topological polar surface area (TPSA) is 0 Å². The fourth-order valence-corrected chi connectivity index (χ4v) is 1.25. The Morgan fingerprint density at radius 3 is 2.62 bits per heavy atom. The molecule has 39 valence electrons. The van der Waals surface area contributed by atoms with Crippen molar-refractivity contribution in [3.63, 3.8) is 0 Å². The van der Waals surface area contributed by atoms with E-state index in [9.17, 15) is 0 Å². The molecule has 0 nitrogen and oxygen atoms in total. The maximum absolute atomic E-state index is 5.25.